The lowest BCUT2D eigenvalue weighted by atomic mass is 10.0. The van der Waals surface area contributed by atoms with E-state index in [2.05, 4.69) is 6.92 Å². The van der Waals surface area contributed by atoms with Crippen LogP contribution in [0.3, 0.4) is 0 Å². The second-order valence-corrected chi connectivity index (χ2v) is 9.10. The third-order valence-electron chi connectivity index (χ3n) is 5.23. The SMILES string of the molecule is CCCCCCCCCCCCc1c(Oc2ccccc2O)cccc1S(=O)(=O)O. The number of para-hydroxylation sites is 2. The Hall–Kier alpha value is -2.05. The summed E-state index contributed by atoms with van der Waals surface area (Å²) in [6.07, 6.45) is 12.3. The Kier molecular flexibility index (Phi) is 10.2. The lowest BCUT2D eigenvalue weighted by molar-refractivity contribution is 0.407. The average Bonchev–Trinajstić information content (AvgIpc) is 2.71. The normalized spacial score (nSPS) is 11.5. The minimum Gasteiger partial charge on any atom is -0.504 e. The highest BCUT2D eigenvalue weighted by atomic mass is 32.2. The largest absolute Gasteiger partial charge is 0.504 e. The molecule has 2 rings (SSSR count). The van der Waals surface area contributed by atoms with Gasteiger partial charge in [0.05, 0.1) is 0 Å². The van der Waals surface area contributed by atoms with Gasteiger partial charge in [-0.1, -0.05) is 82.9 Å². The van der Waals surface area contributed by atoms with Crippen LogP contribution in [0, 0.1) is 0 Å². The number of unbranched alkanes of at least 4 members (excludes halogenated alkanes) is 9. The molecule has 0 radical (unpaired) electrons. The molecule has 0 aliphatic heterocycles. The smallest absolute Gasteiger partial charge is 0.294 e. The van der Waals surface area contributed by atoms with E-state index in [0.29, 0.717) is 17.7 Å². The van der Waals surface area contributed by atoms with E-state index in [1.54, 1.807) is 24.3 Å². The molecule has 6 heteroatoms. The fourth-order valence-electron chi connectivity index (χ4n) is 3.58. The molecule has 2 N–H and O–H groups in total. The highest BCUT2D eigenvalue weighted by molar-refractivity contribution is 7.85. The Morgan fingerprint density at radius 1 is 0.767 bits per heavy atom. The quantitative estimate of drug-likeness (QED) is 0.250. The van der Waals surface area contributed by atoms with Crippen molar-refractivity contribution in [3.8, 4) is 17.2 Å². The monoisotopic (exact) mass is 434 g/mol. The van der Waals surface area contributed by atoms with Gasteiger partial charge in [-0.2, -0.15) is 8.42 Å². The van der Waals surface area contributed by atoms with Gasteiger partial charge in [0.2, 0.25) is 0 Å². The molecule has 0 amide bonds. The van der Waals surface area contributed by atoms with Gasteiger partial charge in [-0.3, -0.25) is 4.55 Å². The molecule has 5 nitrogen and oxygen atoms in total. The van der Waals surface area contributed by atoms with E-state index in [1.165, 1.54) is 63.1 Å². The van der Waals surface area contributed by atoms with Crippen molar-refractivity contribution in [2.24, 2.45) is 0 Å². The summed E-state index contributed by atoms with van der Waals surface area (Å²) >= 11 is 0. The summed E-state index contributed by atoms with van der Waals surface area (Å²) in [7, 11) is -4.36. The molecule has 0 aliphatic carbocycles. The van der Waals surface area contributed by atoms with Crippen molar-refractivity contribution >= 4 is 10.1 Å². The van der Waals surface area contributed by atoms with Crippen molar-refractivity contribution in [1.29, 1.82) is 0 Å². The van der Waals surface area contributed by atoms with E-state index in [0.717, 1.165) is 19.3 Å². The molecule has 0 spiro atoms. The van der Waals surface area contributed by atoms with Crippen molar-refractivity contribution < 1.29 is 22.8 Å². The highest BCUT2D eigenvalue weighted by Gasteiger charge is 2.20. The third kappa shape index (κ3) is 8.00. The van der Waals surface area contributed by atoms with E-state index in [4.69, 9.17) is 4.74 Å². The summed E-state index contributed by atoms with van der Waals surface area (Å²) in [5.41, 5.74) is 0.447. The summed E-state index contributed by atoms with van der Waals surface area (Å²) < 4.78 is 39.2. The predicted octanol–water partition coefficient (Wildman–Crippen LogP) is 6.89. The molecule has 0 saturated heterocycles. The van der Waals surface area contributed by atoms with Crippen LogP contribution >= 0.6 is 0 Å². The summed E-state index contributed by atoms with van der Waals surface area (Å²) in [6, 6.07) is 11.1. The number of hydrogen-bond donors (Lipinski definition) is 2. The van der Waals surface area contributed by atoms with Gasteiger partial charge in [-0.15, -0.1) is 0 Å². The predicted molar refractivity (Wildman–Crippen MR) is 120 cm³/mol. The fourth-order valence-corrected chi connectivity index (χ4v) is 4.34. The Morgan fingerprint density at radius 3 is 1.93 bits per heavy atom. The molecule has 0 atom stereocenters. The minimum atomic E-state index is -4.36. The second-order valence-electron chi connectivity index (χ2n) is 7.71. The van der Waals surface area contributed by atoms with Gasteiger partial charge in [0.25, 0.3) is 10.1 Å². The number of hydrogen-bond acceptors (Lipinski definition) is 4. The van der Waals surface area contributed by atoms with Crippen LogP contribution in [0.5, 0.6) is 17.2 Å². The van der Waals surface area contributed by atoms with Gasteiger partial charge in [0.15, 0.2) is 11.5 Å². The highest BCUT2D eigenvalue weighted by Crippen LogP contribution is 2.35. The maximum Gasteiger partial charge on any atom is 0.294 e. The first-order valence-electron chi connectivity index (χ1n) is 11.0. The van der Waals surface area contributed by atoms with Gasteiger partial charge in [-0.25, -0.2) is 0 Å². The van der Waals surface area contributed by atoms with Gasteiger partial charge in [0.1, 0.15) is 10.6 Å². The van der Waals surface area contributed by atoms with E-state index in [1.807, 2.05) is 0 Å². The van der Waals surface area contributed by atoms with Crippen LogP contribution in [0.2, 0.25) is 0 Å². The second kappa shape index (κ2) is 12.6. The Morgan fingerprint density at radius 2 is 1.33 bits per heavy atom. The number of ether oxygens (including phenoxy) is 1. The number of aromatic hydroxyl groups is 1. The Bertz CT molecular complexity index is 877. The molecule has 2 aromatic carbocycles. The van der Waals surface area contributed by atoms with Gasteiger partial charge in [-0.05, 0) is 37.1 Å². The molecule has 0 heterocycles. The molecule has 2 aromatic rings. The lowest BCUT2D eigenvalue weighted by Gasteiger charge is -2.15. The van der Waals surface area contributed by atoms with Gasteiger partial charge < -0.3 is 9.84 Å². The van der Waals surface area contributed by atoms with Crippen LogP contribution < -0.4 is 4.74 Å². The zero-order valence-corrected chi connectivity index (χ0v) is 18.7. The Balaban J connectivity index is 1.95. The van der Waals surface area contributed by atoms with Crippen molar-refractivity contribution in [2.75, 3.05) is 0 Å². The first-order valence-corrected chi connectivity index (χ1v) is 12.4. The molecular formula is C24H34O5S. The molecule has 0 aliphatic rings. The number of benzene rings is 2. The number of phenolic OH excluding ortho intramolecular Hbond substituents is 1. The van der Waals surface area contributed by atoms with Gasteiger partial charge in [0, 0.05) is 5.56 Å². The standard InChI is InChI=1S/C24H34O5S/c1-2-3-4-5-6-7-8-9-10-11-15-20-22(18-14-19-24(20)30(26,27)28)29-23-17-13-12-16-21(23)25/h12-14,16-19,25H,2-11,15H2,1H3,(H,26,27,28). The zero-order chi connectivity index (χ0) is 21.8. The van der Waals surface area contributed by atoms with Crippen molar-refractivity contribution in [2.45, 2.75) is 82.4 Å². The van der Waals surface area contributed by atoms with Crippen molar-refractivity contribution in [1.82, 2.24) is 0 Å². The van der Waals surface area contributed by atoms with Crippen LogP contribution in [0.4, 0.5) is 0 Å². The summed E-state index contributed by atoms with van der Waals surface area (Å²) in [5, 5.41) is 9.96. The Labute approximate surface area is 180 Å². The molecule has 166 valence electrons. The van der Waals surface area contributed by atoms with Crippen molar-refractivity contribution in [3.63, 3.8) is 0 Å². The molecule has 0 aromatic heterocycles. The maximum absolute atomic E-state index is 11.9. The van der Waals surface area contributed by atoms with E-state index < -0.39 is 10.1 Å². The van der Waals surface area contributed by atoms with Crippen LogP contribution in [-0.4, -0.2) is 18.1 Å². The van der Waals surface area contributed by atoms with Crippen LogP contribution in [-0.2, 0) is 16.5 Å². The lowest BCUT2D eigenvalue weighted by Crippen LogP contribution is -2.05. The topological polar surface area (TPSA) is 83.8 Å². The molecule has 30 heavy (non-hydrogen) atoms. The fraction of sp³-hybridized carbons (Fsp3) is 0.500. The zero-order valence-electron chi connectivity index (χ0n) is 17.8. The van der Waals surface area contributed by atoms with Crippen LogP contribution in [0.1, 0.15) is 76.7 Å². The van der Waals surface area contributed by atoms with E-state index >= 15 is 0 Å². The average molecular weight is 435 g/mol. The molecule has 0 bridgehead atoms. The minimum absolute atomic E-state index is 0.0281. The molecule has 0 fully saturated rings. The summed E-state index contributed by atoms with van der Waals surface area (Å²) in [6.45, 7) is 2.22. The number of rotatable bonds is 14. The first kappa shape index (κ1) is 24.2. The first-order chi connectivity index (χ1) is 14.4. The number of phenols is 1. The summed E-state index contributed by atoms with van der Waals surface area (Å²) in [5.74, 6) is 0.552. The van der Waals surface area contributed by atoms with Crippen LogP contribution in [0.25, 0.3) is 0 Å². The van der Waals surface area contributed by atoms with E-state index in [9.17, 15) is 18.1 Å². The van der Waals surface area contributed by atoms with E-state index in [-0.39, 0.29) is 16.4 Å². The van der Waals surface area contributed by atoms with Crippen molar-refractivity contribution in [3.05, 3.63) is 48.0 Å². The molecular weight excluding hydrogens is 400 g/mol. The third-order valence-corrected chi connectivity index (χ3v) is 6.17. The maximum atomic E-state index is 11.9. The van der Waals surface area contributed by atoms with Crippen LogP contribution in [0.15, 0.2) is 47.4 Å². The van der Waals surface area contributed by atoms with Gasteiger partial charge >= 0.3 is 0 Å². The summed E-state index contributed by atoms with van der Waals surface area (Å²) in [4.78, 5) is -0.133. The molecule has 0 unspecified atom stereocenters. The molecule has 0 saturated carbocycles.